The fourth-order valence-electron chi connectivity index (χ4n) is 1.69. The van der Waals surface area contributed by atoms with Crippen LogP contribution in [0.2, 0.25) is 0 Å². The predicted molar refractivity (Wildman–Crippen MR) is 65.6 cm³/mol. The first-order valence-corrected chi connectivity index (χ1v) is 5.89. The lowest BCUT2D eigenvalue weighted by Gasteiger charge is -2.12. The topological polar surface area (TPSA) is 73.9 Å². The highest BCUT2D eigenvalue weighted by Crippen LogP contribution is 2.32. The largest absolute Gasteiger partial charge is 0.454 e. The van der Waals surface area contributed by atoms with E-state index in [0.29, 0.717) is 18.0 Å². The van der Waals surface area contributed by atoms with Crippen LogP contribution in [-0.2, 0) is 20.9 Å². The Morgan fingerprint density at radius 3 is 2.84 bits per heavy atom. The summed E-state index contributed by atoms with van der Waals surface area (Å²) in [5, 5.41) is 2.68. The monoisotopic (exact) mass is 265 g/mol. The van der Waals surface area contributed by atoms with Gasteiger partial charge in [-0.3, -0.25) is 9.59 Å². The fourth-order valence-corrected chi connectivity index (χ4v) is 1.69. The van der Waals surface area contributed by atoms with Crippen molar-refractivity contribution in [1.82, 2.24) is 5.32 Å². The molecule has 0 fully saturated rings. The van der Waals surface area contributed by atoms with E-state index in [-0.39, 0.29) is 12.7 Å². The number of hydrogen-bond donors (Lipinski definition) is 1. The van der Waals surface area contributed by atoms with Crippen LogP contribution in [0.5, 0.6) is 11.5 Å². The molecule has 19 heavy (non-hydrogen) atoms. The van der Waals surface area contributed by atoms with Crippen molar-refractivity contribution in [3.63, 3.8) is 0 Å². The van der Waals surface area contributed by atoms with Gasteiger partial charge in [0.05, 0.1) is 0 Å². The molecule has 1 aromatic carbocycles. The van der Waals surface area contributed by atoms with Crippen LogP contribution in [0.15, 0.2) is 18.2 Å². The summed E-state index contributed by atoms with van der Waals surface area (Å²) in [7, 11) is 0. The molecule has 6 nitrogen and oxygen atoms in total. The first-order chi connectivity index (χ1) is 9.06. The van der Waals surface area contributed by atoms with Gasteiger partial charge < -0.3 is 19.5 Å². The van der Waals surface area contributed by atoms with Gasteiger partial charge in [-0.05, 0) is 24.6 Å². The Hall–Kier alpha value is -2.24. The highest BCUT2D eigenvalue weighted by Gasteiger charge is 2.16. The third-order valence-corrected chi connectivity index (χ3v) is 2.62. The molecule has 1 aromatic rings. The van der Waals surface area contributed by atoms with Gasteiger partial charge in [-0.15, -0.1) is 0 Å². The van der Waals surface area contributed by atoms with Crippen molar-refractivity contribution in [2.45, 2.75) is 26.5 Å². The van der Waals surface area contributed by atoms with E-state index in [9.17, 15) is 9.59 Å². The van der Waals surface area contributed by atoms with Gasteiger partial charge in [0.25, 0.3) is 5.91 Å². The molecule has 0 aromatic heterocycles. The van der Waals surface area contributed by atoms with Gasteiger partial charge in [-0.1, -0.05) is 6.07 Å². The Labute approximate surface area is 110 Å². The lowest BCUT2D eigenvalue weighted by atomic mass is 10.2. The summed E-state index contributed by atoms with van der Waals surface area (Å²) < 4.78 is 15.2. The maximum absolute atomic E-state index is 11.6. The second-order valence-corrected chi connectivity index (χ2v) is 4.16. The quantitative estimate of drug-likeness (QED) is 0.821. The lowest BCUT2D eigenvalue weighted by Crippen LogP contribution is -2.34. The molecule has 102 valence electrons. The molecule has 1 aliphatic rings. The lowest BCUT2D eigenvalue weighted by molar-refractivity contribution is -0.152. The summed E-state index contributed by atoms with van der Waals surface area (Å²) in [5.74, 6) is 0.543. The number of rotatable bonds is 4. The molecule has 0 saturated heterocycles. The molecular weight excluding hydrogens is 250 g/mol. The summed E-state index contributed by atoms with van der Waals surface area (Å²) >= 11 is 0. The zero-order chi connectivity index (χ0) is 13.8. The Bertz CT molecular complexity index is 500. The van der Waals surface area contributed by atoms with Crippen molar-refractivity contribution in [3.8, 4) is 11.5 Å². The van der Waals surface area contributed by atoms with E-state index in [1.165, 1.54) is 13.8 Å². The average molecular weight is 265 g/mol. The molecule has 0 radical (unpaired) electrons. The van der Waals surface area contributed by atoms with Crippen molar-refractivity contribution in [3.05, 3.63) is 23.8 Å². The Morgan fingerprint density at radius 2 is 2.11 bits per heavy atom. The second kappa shape index (κ2) is 5.60. The summed E-state index contributed by atoms with van der Waals surface area (Å²) in [4.78, 5) is 22.4. The van der Waals surface area contributed by atoms with Gasteiger partial charge in [0.2, 0.25) is 6.79 Å². The number of nitrogens with one attached hydrogen (secondary N) is 1. The van der Waals surface area contributed by atoms with Crippen LogP contribution >= 0.6 is 0 Å². The van der Waals surface area contributed by atoms with E-state index in [1.54, 1.807) is 12.1 Å². The number of benzene rings is 1. The van der Waals surface area contributed by atoms with Crippen LogP contribution < -0.4 is 14.8 Å². The summed E-state index contributed by atoms with van der Waals surface area (Å²) in [6, 6.07) is 5.43. The number of carbonyl (C=O) groups is 2. The number of amides is 1. The molecule has 1 heterocycles. The Morgan fingerprint density at radius 1 is 1.37 bits per heavy atom. The summed E-state index contributed by atoms with van der Waals surface area (Å²) in [5.41, 5.74) is 0.882. The fraction of sp³-hybridized carbons (Fsp3) is 0.385. The molecule has 0 bridgehead atoms. The predicted octanol–water partition coefficient (Wildman–Crippen LogP) is 0.983. The normalized spacial score (nSPS) is 13.8. The Kier molecular flexibility index (Phi) is 3.89. The van der Waals surface area contributed by atoms with Crippen LogP contribution in [0.4, 0.5) is 0 Å². The molecule has 0 saturated carbocycles. The minimum absolute atomic E-state index is 0.217. The number of carbonyl (C=O) groups excluding carboxylic acids is 2. The molecule has 0 aliphatic carbocycles. The molecule has 1 amide bonds. The Balaban J connectivity index is 1.88. The highest BCUT2D eigenvalue weighted by atomic mass is 16.7. The van der Waals surface area contributed by atoms with Crippen molar-refractivity contribution in [2.24, 2.45) is 0 Å². The van der Waals surface area contributed by atoms with Crippen LogP contribution in [0.25, 0.3) is 0 Å². The zero-order valence-electron chi connectivity index (χ0n) is 10.8. The molecule has 1 atom stereocenters. The van der Waals surface area contributed by atoms with Crippen molar-refractivity contribution in [1.29, 1.82) is 0 Å². The van der Waals surface area contributed by atoms with Crippen molar-refractivity contribution < 1.29 is 23.8 Å². The van der Waals surface area contributed by atoms with E-state index >= 15 is 0 Å². The standard InChI is InChI=1S/C13H15NO5/c1-8(19-9(2)15)13(16)14-6-10-3-4-11-12(5-10)18-7-17-11/h3-5,8H,6-7H2,1-2H3,(H,14,16)/t8-/m1/s1. The summed E-state index contributed by atoms with van der Waals surface area (Å²) in [6.07, 6.45) is -0.800. The molecule has 1 aliphatic heterocycles. The summed E-state index contributed by atoms with van der Waals surface area (Å²) in [6.45, 7) is 3.34. The minimum atomic E-state index is -0.800. The molecule has 0 unspecified atom stereocenters. The minimum Gasteiger partial charge on any atom is -0.454 e. The van der Waals surface area contributed by atoms with E-state index in [0.717, 1.165) is 5.56 Å². The SMILES string of the molecule is CC(=O)O[C@H](C)C(=O)NCc1ccc2c(c1)OCO2. The van der Waals surface area contributed by atoms with Crippen LogP contribution in [-0.4, -0.2) is 24.8 Å². The third-order valence-electron chi connectivity index (χ3n) is 2.62. The zero-order valence-corrected chi connectivity index (χ0v) is 10.8. The maximum atomic E-state index is 11.6. The first kappa shape index (κ1) is 13.2. The molecular formula is C13H15NO5. The first-order valence-electron chi connectivity index (χ1n) is 5.89. The average Bonchev–Trinajstić information content (AvgIpc) is 2.82. The van der Waals surface area contributed by atoms with E-state index in [2.05, 4.69) is 5.32 Å². The van der Waals surface area contributed by atoms with Gasteiger partial charge in [-0.25, -0.2) is 0 Å². The van der Waals surface area contributed by atoms with Crippen LogP contribution in [0.1, 0.15) is 19.4 Å². The molecule has 0 spiro atoms. The number of esters is 1. The van der Waals surface area contributed by atoms with E-state index in [1.807, 2.05) is 6.07 Å². The van der Waals surface area contributed by atoms with E-state index in [4.69, 9.17) is 14.2 Å². The maximum Gasteiger partial charge on any atom is 0.303 e. The number of hydrogen-bond acceptors (Lipinski definition) is 5. The van der Waals surface area contributed by atoms with Gasteiger partial charge in [-0.2, -0.15) is 0 Å². The number of fused-ring (bicyclic) bond motifs is 1. The molecule has 1 N–H and O–H groups in total. The third kappa shape index (κ3) is 3.37. The van der Waals surface area contributed by atoms with Crippen molar-refractivity contribution >= 4 is 11.9 Å². The van der Waals surface area contributed by atoms with Gasteiger partial charge >= 0.3 is 5.97 Å². The van der Waals surface area contributed by atoms with Crippen LogP contribution in [0, 0.1) is 0 Å². The van der Waals surface area contributed by atoms with Crippen LogP contribution in [0.3, 0.4) is 0 Å². The van der Waals surface area contributed by atoms with Gasteiger partial charge in [0.1, 0.15) is 0 Å². The second-order valence-electron chi connectivity index (χ2n) is 4.16. The van der Waals surface area contributed by atoms with Crippen molar-refractivity contribution in [2.75, 3.05) is 6.79 Å². The molecule has 2 rings (SSSR count). The van der Waals surface area contributed by atoms with E-state index < -0.39 is 12.1 Å². The van der Waals surface area contributed by atoms with Gasteiger partial charge in [0.15, 0.2) is 17.6 Å². The number of ether oxygens (including phenoxy) is 3. The highest BCUT2D eigenvalue weighted by molar-refractivity contribution is 5.82. The molecule has 6 heteroatoms. The smallest absolute Gasteiger partial charge is 0.303 e. The van der Waals surface area contributed by atoms with Gasteiger partial charge in [0, 0.05) is 13.5 Å².